The topological polar surface area (TPSA) is 60.7 Å². The van der Waals surface area contributed by atoms with E-state index in [0.717, 1.165) is 36.3 Å². The third-order valence-corrected chi connectivity index (χ3v) is 5.98. The van der Waals surface area contributed by atoms with Crippen molar-refractivity contribution >= 4 is 0 Å². The lowest BCUT2D eigenvalue weighted by Crippen LogP contribution is -2.40. The van der Waals surface area contributed by atoms with E-state index in [4.69, 9.17) is 4.42 Å². The van der Waals surface area contributed by atoms with Crippen molar-refractivity contribution in [3.05, 3.63) is 22.6 Å². The molecule has 2 aliphatic rings. The van der Waals surface area contributed by atoms with E-state index >= 15 is 0 Å². The van der Waals surface area contributed by atoms with Gasteiger partial charge in [0, 0.05) is 29.4 Å². The van der Waals surface area contributed by atoms with Crippen LogP contribution in [0.4, 0.5) is 0 Å². The zero-order valence-corrected chi connectivity index (χ0v) is 15.1. The Hall–Kier alpha value is -1.74. The molecule has 23 heavy (non-hydrogen) atoms. The van der Waals surface area contributed by atoms with Crippen molar-refractivity contribution in [1.82, 2.24) is 0 Å². The average molecular weight is 310 g/mol. The monoisotopic (exact) mass is 310 g/mol. The van der Waals surface area contributed by atoms with Gasteiger partial charge in [0.15, 0.2) is 5.41 Å². The number of nitriles is 2. The van der Waals surface area contributed by atoms with Crippen molar-refractivity contribution in [2.45, 2.75) is 72.1 Å². The molecular formula is C20H26N2O. The maximum atomic E-state index is 10.0. The highest BCUT2D eigenvalue weighted by atomic mass is 16.3. The van der Waals surface area contributed by atoms with Gasteiger partial charge in [-0.25, -0.2) is 0 Å². The molecule has 0 aromatic carbocycles. The molecule has 0 radical (unpaired) electrons. The fourth-order valence-electron chi connectivity index (χ4n) is 4.76. The fourth-order valence-corrected chi connectivity index (χ4v) is 4.76. The van der Waals surface area contributed by atoms with E-state index in [0.29, 0.717) is 5.92 Å². The molecule has 3 heteroatoms. The van der Waals surface area contributed by atoms with E-state index in [9.17, 15) is 10.5 Å². The van der Waals surface area contributed by atoms with Gasteiger partial charge in [0.25, 0.3) is 0 Å². The van der Waals surface area contributed by atoms with E-state index in [1.54, 1.807) is 0 Å². The van der Waals surface area contributed by atoms with E-state index in [2.05, 4.69) is 53.7 Å². The highest BCUT2D eigenvalue weighted by Crippen LogP contribution is 2.66. The Kier molecular flexibility index (Phi) is 3.25. The Morgan fingerprint density at radius 1 is 1.17 bits per heavy atom. The van der Waals surface area contributed by atoms with Crippen molar-refractivity contribution in [2.75, 3.05) is 0 Å². The molecule has 0 N–H and O–H groups in total. The lowest BCUT2D eigenvalue weighted by Gasteiger charge is -2.41. The van der Waals surface area contributed by atoms with Crippen LogP contribution in [0.5, 0.6) is 0 Å². The van der Waals surface area contributed by atoms with Gasteiger partial charge in [-0.3, -0.25) is 0 Å². The molecule has 122 valence electrons. The van der Waals surface area contributed by atoms with Gasteiger partial charge < -0.3 is 4.42 Å². The van der Waals surface area contributed by atoms with Gasteiger partial charge >= 0.3 is 0 Å². The molecular weight excluding hydrogens is 284 g/mol. The predicted molar refractivity (Wildman–Crippen MR) is 88.8 cm³/mol. The van der Waals surface area contributed by atoms with Crippen molar-refractivity contribution in [2.24, 2.45) is 16.7 Å². The number of hydrogen-bond donors (Lipinski definition) is 0. The minimum Gasteiger partial charge on any atom is -0.465 e. The molecule has 1 aromatic heterocycles. The summed E-state index contributed by atoms with van der Waals surface area (Å²) in [4.78, 5) is 0. The molecule has 1 heterocycles. The molecule has 0 saturated carbocycles. The van der Waals surface area contributed by atoms with Gasteiger partial charge in [-0.15, -0.1) is 0 Å². The summed E-state index contributed by atoms with van der Waals surface area (Å²) in [5.41, 5.74) is 0.750. The van der Waals surface area contributed by atoms with Crippen LogP contribution in [0.2, 0.25) is 0 Å². The Morgan fingerprint density at radius 3 is 2.30 bits per heavy atom. The second-order valence-electron chi connectivity index (χ2n) is 9.13. The number of hydrogen-bond acceptors (Lipinski definition) is 3. The standard InChI is InChI=1S/C20H26N2O/c1-12(2)7-14-17-16-13(8-18(3,4)9-15(16)23-14)19(5,6)20(17,10-21)11-22/h12-13H,7-9H2,1-6H3. The molecule has 0 amide bonds. The lowest BCUT2D eigenvalue weighted by molar-refractivity contribution is 0.150. The normalized spacial score (nSPS) is 25.7. The Bertz CT molecular complexity index is 723. The van der Waals surface area contributed by atoms with Gasteiger partial charge in [0.1, 0.15) is 11.5 Å². The summed E-state index contributed by atoms with van der Waals surface area (Å²) in [6.45, 7) is 13.0. The number of rotatable bonds is 2. The zero-order chi connectivity index (χ0) is 17.2. The summed E-state index contributed by atoms with van der Waals surface area (Å²) in [5.74, 6) is 2.56. The minimum atomic E-state index is -1.10. The average Bonchev–Trinajstić information content (AvgIpc) is 2.84. The molecule has 1 atom stereocenters. The second kappa shape index (κ2) is 4.64. The van der Waals surface area contributed by atoms with Gasteiger partial charge in [0.2, 0.25) is 0 Å². The lowest BCUT2D eigenvalue weighted by atomic mass is 9.59. The van der Waals surface area contributed by atoms with Crippen molar-refractivity contribution in [3.8, 4) is 12.1 Å². The van der Waals surface area contributed by atoms with E-state index < -0.39 is 10.8 Å². The number of furan rings is 1. The first-order valence-corrected chi connectivity index (χ1v) is 8.57. The summed E-state index contributed by atoms with van der Waals surface area (Å²) < 4.78 is 6.26. The maximum Gasteiger partial charge on any atom is 0.177 e. The molecule has 0 saturated heterocycles. The first kappa shape index (κ1) is 16.1. The van der Waals surface area contributed by atoms with Crippen LogP contribution in [0.15, 0.2) is 4.42 Å². The molecule has 0 fully saturated rings. The summed E-state index contributed by atoms with van der Waals surface area (Å²) in [7, 11) is 0. The van der Waals surface area contributed by atoms with Crippen LogP contribution in [0.3, 0.4) is 0 Å². The largest absolute Gasteiger partial charge is 0.465 e. The highest BCUT2D eigenvalue weighted by Gasteiger charge is 2.64. The Labute approximate surface area is 139 Å². The highest BCUT2D eigenvalue weighted by molar-refractivity contribution is 5.60. The van der Waals surface area contributed by atoms with Crippen LogP contribution in [-0.2, 0) is 18.3 Å². The first-order chi connectivity index (χ1) is 10.6. The molecule has 0 bridgehead atoms. The van der Waals surface area contributed by atoms with E-state index in [-0.39, 0.29) is 11.3 Å². The summed E-state index contributed by atoms with van der Waals surface area (Å²) in [6.07, 6.45) is 2.69. The van der Waals surface area contributed by atoms with Gasteiger partial charge in [0.05, 0.1) is 12.1 Å². The number of nitrogens with zero attached hydrogens (tertiary/aromatic N) is 2. The van der Waals surface area contributed by atoms with E-state index in [1.165, 1.54) is 5.56 Å². The fraction of sp³-hybridized carbons (Fsp3) is 0.700. The zero-order valence-electron chi connectivity index (χ0n) is 15.1. The van der Waals surface area contributed by atoms with Crippen LogP contribution in [0.25, 0.3) is 0 Å². The quantitative estimate of drug-likeness (QED) is 0.783. The van der Waals surface area contributed by atoms with Crippen molar-refractivity contribution in [3.63, 3.8) is 0 Å². The maximum absolute atomic E-state index is 10.0. The second-order valence-corrected chi connectivity index (χ2v) is 9.13. The molecule has 1 unspecified atom stereocenters. The predicted octanol–water partition coefficient (Wildman–Crippen LogP) is 4.86. The van der Waals surface area contributed by atoms with Crippen LogP contribution >= 0.6 is 0 Å². The Balaban J connectivity index is 2.33. The van der Waals surface area contributed by atoms with Gasteiger partial charge in [-0.2, -0.15) is 10.5 Å². The molecule has 2 aliphatic carbocycles. The molecule has 3 rings (SSSR count). The van der Waals surface area contributed by atoms with Gasteiger partial charge in [-0.1, -0.05) is 41.5 Å². The van der Waals surface area contributed by atoms with Crippen LogP contribution in [0, 0.1) is 39.4 Å². The Morgan fingerprint density at radius 2 is 1.78 bits per heavy atom. The van der Waals surface area contributed by atoms with Crippen LogP contribution < -0.4 is 0 Å². The van der Waals surface area contributed by atoms with Crippen LogP contribution in [-0.4, -0.2) is 0 Å². The smallest absolute Gasteiger partial charge is 0.177 e. The molecule has 0 spiro atoms. The van der Waals surface area contributed by atoms with Crippen LogP contribution in [0.1, 0.15) is 76.5 Å². The SMILES string of the molecule is CC(C)Cc1oc2c3c1C(C#N)(C#N)C(C)(C)C3CC(C)(C)C2. The summed E-state index contributed by atoms with van der Waals surface area (Å²) >= 11 is 0. The van der Waals surface area contributed by atoms with E-state index in [1.807, 2.05) is 0 Å². The molecule has 3 nitrogen and oxygen atoms in total. The molecule has 1 aromatic rings. The molecule has 0 aliphatic heterocycles. The minimum absolute atomic E-state index is 0.139. The van der Waals surface area contributed by atoms with Crippen molar-refractivity contribution < 1.29 is 4.42 Å². The third kappa shape index (κ3) is 1.92. The summed E-state index contributed by atoms with van der Waals surface area (Å²) in [5, 5.41) is 20.0. The van der Waals surface area contributed by atoms with Gasteiger partial charge in [-0.05, 0) is 23.7 Å². The summed E-state index contributed by atoms with van der Waals surface area (Å²) in [6, 6.07) is 4.80. The first-order valence-electron chi connectivity index (χ1n) is 8.57. The van der Waals surface area contributed by atoms with Crippen molar-refractivity contribution in [1.29, 1.82) is 10.5 Å². The third-order valence-electron chi connectivity index (χ3n) is 5.98.